The maximum atomic E-state index is 12.7. The van der Waals surface area contributed by atoms with Gasteiger partial charge in [0.25, 0.3) is 5.91 Å². The van der Waals surface area contributed by atoms with Gasteiger partial charge in [0.15, 0.2) is 11.5 Å². The first-order valence-electron chi connectivity index (χ1n) is 9.40. The molecule has 1 aliphatic rings. The minimum absolute atomic E-state index is 0. The number of nitrogens with zero attached hydrogens (tertiary/aromatic N) is 1. The number of carbonyl (C=O) groups is 1. The van der Waals surface area contributed by atoms with Gasteiger partial charge < -0.3 is 20.5 Å². The van der Waals surface area contributed by atoms with Crippen LogP contribution >= 0.6 is 36.2 Å². The van der Waals surface area contributed by atoms with Crippen LogP contribution in [0.3, 0.4) is 0 Å². The molecule has 6 nitrogen and oxygen atoms in total. The maximum absolute atomic E-state index is 12.7. The van der Waals surface area contributed by atoms with Crippen LogP contribution < -0.4 is 20.5 Å². The minimum Gasteiger partial charge on any atom is -0.493 e. The molecule has 1 atom stereocenters. The quantitative estimate of drug-likeness (QED) is 0.614. The third-order valence-electron chi connectivity index (χ3n) is 5.07. The fourth-order valence-corrected chi connectivity index (χ4v) is 4.09. The molecule has 0 saturated heterocycles. The Balaban J connectivity index is 0.00000210. The summed E-state index contributed by atoms with van der Waals surface area (Å²) in [6.45, 7) is 0.824. The third-order valence-corrected chi connectivity index (χ3v) is 5.71. The van der Waals surface area contributed by atoms with E-state index in [1.165, 1.54) is 30.6 Å². The van der Waals surface area contributed by atoms with Gasteiger partial charge in [-0.1, -0.05) is 19.3 Å². The van der Waals surface area contributed by atoms with Crippen LogP contribution in [-0.4, -0.2) is 30.6 Å². The summed E-state index contributed by atoms with van der Waals surface area (Å²) in [4.78, 5) is 16.9. The Morgan fingerprint density at radius 1 is 1.28 bits per heavy atom. The predicted molar refractivity (Wildman–Crippen MR) is 121 cm³/mol. The molecule has 1 fully saturated rings. The Bertz CT molecular complexity index is 741. The molecule has 162 valence electrons. The van der Waals surface area contributed by atoms with Gasteiger partial charge in [-0.2, -0.15) is 0 Å². The number of rotatable bonds is 8. The average molecular weight is 462 g/mol. The lowest BCUT2D eigenvalue weighted by molar-refractivity contribution is 0.0915. The van der Waals surface area contributed by atoms with Crippen molar-refractivity contribution in [2.45, 2.75) is 44.8 Å². The Labute approximate surface area is 188 Å². The number of hydrogen-bond donors (Lipinski definition) is 2. The normalized spacial score (nSPS) is 14.8. The van der Waals surface area contributed by atoms with Gasteiger partial charge in [0.1, 0.15) is 6.61 Å². The molecule has 3 N–H and O–H groups in total. The highest BCUT2D eigenvalue weighted by Crippen LogP contribution is 2.30. The molecule has 1 aromatic heterocycles. The molecule has 0 spiro atoms. The number of carbonyl (C=O) groups excluding carboxylic acids is 1. The van der Waals surface area contributed by atoms with Crippen molar-refractivity contribution >= 4 is 42.1 Å². The first-order valence-corrected chi connectivity index (χ1v) is 10.3. The number of hydrogen-bond acceptors (Lipinski definition) is 6. The van der Waals surface area contributed by atoms with Crippen LogP contribution in [0, 0.1) is 5.92 Å². The lowest BCUT2D eigenvalue weighted by atomic mass is 9.84. The fourth-order valence-electron chi connectivity index (χ4n) is 3.55. The van der Waals surface area contributed by atoms with E-state index in [1.807, 2.05) is 5.38 Å². The summed E-state index contributed by atoms with van der Waals surface area (Å²) in [5, 5.41) is 5.05. The molecule has 1 heterocycles. The topological polar surface area (TPSA) is 86.5 Å². The monoisotopic (exact) mass is 461 g/mol. The van der Waals surface area contributed by atoms with Gasteiger partial charge in [-0.25, -0.2) is 4.98 Å². The summed E-state index contributed by atoms with van der Waals surface area (Å²) in [5.41, 5.74) is 9.11. The zero-order valence-electron chi connectivity index (χ0n) is 16.5. The summed E-state index contributed by atoms with van der Waals surface area (Å²) in [6, 6.07) is 5.24. The number of aromatic nitrogens is 1. The van der Waals surface area contributed by atoms with E-state index >= 15 is 0 Å². The number of halogens is 2. The highest BCUT2D eigenvalue weighted by atomic mass is 35.5. The van der Waals surface area contributed by atoms with Crippen molar-refractivity contribution in [3.8, 4) is 11.5 Å². The average Bonchev–Trinajstić information content (AvgIpc) is 3.24. The van der Waals surface area contributed by atoms with Gasteiger partial charge in [0.2, 0.25) is 0 Å². The maximum Gasteiger partial charge on any atom is 0.251 e. The summed E-state index contributed by atoms with van der Waals surface area (Å²) in [5.74, 6) is 1.46. The minimum atomic E-state index is -0.125. The van der Waals surface area contributed by atoms with Gasteiger partial charge in [-0.05, 0) is 37.0 Å². The van der Waals surface area contributed by atoms with E-state index in [0.717, 1.165) is 18.5 Å². The summed E-state index contributed by atoms with van der Waals surface area (Å²) < 4.78 is 11.2. The van der Waals surface area contributed by atoms with Gasteiger partial charge in [0.05, 0.1) is 18.3 Å². The van der Waals surface area contributed by atoms with E-state index in [1.54, 1.807) is 30.8 Å². The number of methoxy groups -OCH3 is 1. The van der Waals surface area contributed by atoms with Crippen LogP contribution in [-0.2, 0) is 6.61 Å². The number of benzene rings is 1. The molecule has 0 bridgehead atoms. The second kappa shape index (κ2) is 12.9. The smallest absolute Gasteiger partial charge is 0.251 e. The lowest BCUT2D eigenvalue weighted by Crippen LogP contribution is -2.45. The standard InChI is InChI=1S/C20H27N3O3S.2ClH/c1-25-19-9-15(7-8-18(19)26-11-16-12-27-13-22-16)20(24)23-17(10-21)14-5-3-2-4-6-14;;/h7-9,12-14,17H,2-6,10-11,21H2,1H3,(H,23,24);2*1H. The molecule has 29 heavy (non-hydrogen) atoms. The highest BCUT2D eigenvalue weighted by molar-refractivity contribution is 7.07. The Morgan fingerprint density at radius 3 is 2.66 bits per heavy atom. The van der Waals surface area contributed by atoms with Gasteiger partial charge in [-0.3, -0.25) is 4.79 Å². The van der Waals surface area contributed by atoms with Crippen molar-refractivity contribution in [2.75, 3.05) is 13.7 Å². The van der Waals surface area contributed by atoms with Crippen molar-refractivity contribution < 1.29 is 14.3 Å². The third kappa shape index (κ3) is 7.03. The molecule has 1 saturated carbocycles. The summed E-state index contributed by atoms with van der Waals surface area (Å²) in [7, 11) is 1.57. The molecule has 0 aliphatic heterocycles. The number of nitrogens with two attached hydrogens (primary N) is 1. The lowest BCUT2D eigenvalue weighted by Gasteiger charge is -2.30. The molecular formula is C20H29Cl2N3O3S. The van der Waals surface area contributed by atoms with Gasteiger partial charge in [-0.15, -0.1) is 36.2 Å². The zero-order chi connectivity index (χ0) is 19.1. The molecule has 0 radical (unpaired) electrons. The molecular weight excluding hydrogens is 433 g/mol. The Hall–Kier alpha value is -1.54. The molecule has 9 heteroatoms. The zero-order valence-corrected chi connectivity index (χ0v) is 18.9. The van der Waals surface area contributed by atoms with E-state index in [9.17, 15) is 4.79 Å². The number of nitrogens with one attached hydrogen (secondary N) is 1. The van der Waals surface area contributed by atoms with Crippen LogP contribution in [0.1, 0.15) is 48.2 Å². The van der Waals surface area contributed by atoms with Crippen molar-refractivity contribution in [3.63, 3.8) is 0 Å². The molecule has 2 aromatic rings. The molecule has 1 unspecified atom stereocenters. The number of thiazole rings is 1. The second-order valence-electron chi connectivity index (χ2n) is 6.85. The van der Waals surface area contributed by atoms with Crippen LogP contribution in [0.2, 0.25) is 0 Å². The number of amides is 1. The van der Waals surface area contributed by atoms with Gasteiger partial charge in [0, 0.05) is 23.5 Å². The molecule has 3 rings (SSSR count). The summed E-state index contributed by atoms with van der Waals surface area (Å²) >= 11 is 1.52. The van der Waals surface area contributed by atoms with Crippen LogP contribution in [0.25, 0.3) is 0 Å². The number of ether oxygens (including phenoxy) is 2. The van der Waals surface area contributed by atoms with E-state index in [0.29, 0.717) is 36.1 Å². The van der Waals surface area contributed by atoms with Gasteiger partial charge >= 0.3 is 0 Å². The largest absolute Gasteiger partial charge is 0.493 e. The van der Waals surface area contributed by atoms with E-state index in [4.69, 9.17) is 15.2 Å². The fraction of sp³-hybridized carbons (Fsp3) is 0.500. The Kier molecular flexibility index (Phi) is 11.3. The summed E-state index contributed by atoms with van der Waals surface area (Å²) in [6.07, 6.45) is 5.98. The van der Waals surface area contributed by atoms with Crippen molar-refractivity contribution in [1.82, 2.24) is 10.3 Å². The molecule has 1 amide bonds. The Morgan fingerprint density at radius 2 is 2.03 bits per heavy atom. The van der Waals surface area contributed by atoms with Crippen molar-refractivity contribution in [2.24, 2.45) is 11.7 Å². The van der Waals surface area contributed by atoms with Crippen LogP contribution in [0.5, 0.6) is 11.5 Å². The second-order valence-corrected chi connectivity index (χ2v) is 7.57. The predicted octanol–water partition coefficient (Wildman–Crippen LogP) is 4.21. The van der Waals surface area contributed by atoms with E-state index in [-0.39, 0.29) is 36.8 Å². The first kappa shape index (κ1) is 25.5. The van der Waals surface area contributed by atoms with E-state index < -0.39 is 0 Å². The van der Waals surface area contributed by atoms with E-state index in [2.05, 4.69) is 10.3 Å². The SMILES string of the molecule is COc1cc(C(=O)NC(CN)C2CCCCC2)ccc1OCc1cscn1.Cl.Cl. The van der Waals surface area contributed by atoms with Crippen molar-refractivity contribution in [1.29, 1.82) is 0 Å². The highest BCUT2D eigenvalue weighted by Gasteiger charge is 2.24. The van der Waals surface area contributed by atoms with Crippen molar-refractivity contribution in [3.05, 3.63) is 40.3 Å². The van der Waals surface area contributed by atoms with Crippen LogP contribution in [0.4, 0.5) is 0 Å². The molecule has 1 aliphatic carbocycles. The van der Waals surface area contributed by atoms with Crippen LogP contribution in [0.15, 0.2) is 29.1 Å². The molecule has 1 aromatic carbocycles. The first-order chi connectivity index (χ1) is 13.2.